The number of fused-ring (bicyclic) bond motifs is 2. The molecule has 2 heterocycles. The summed E-state index contributed by atoms with van der Waals surface area (Å²) >= 11 is 1.32. The van der Waals surface area contributed by atoms with Crippen molar-refractivity contribution in [2.45, 2.75) is 32.1 Å². The second kappa shape index (κ2) is 8.89. The van der Waals surface area contributed by atoms with Crippen LogP contribution >= 0.6 is 11.8 Å². The minimum Gasteiger partial charge on any atom is -0.325 e. The number of rotatable bonds is 5. The van der Waals surface area contributed by atoms with Gasteiger partial charge in [0.25, 0.3) is 5.91 Å². The minimum atomic E-state index is -1.22. The van der Waals surface area contributed by atoms with Crippen LogP contribution in [-0.4, -0.2) is 30.0 Å². The molecule has 0 aliphatic carbocycles. The Labute approximate surface area is 209 Å². The van der Waals surface area contributed by atoms with Gasteiger partial charge in [-0.05, 0) is 67.3 Å². The third kappa shape index (κ3) is 3.80. The quantitative estimate of drug-likeness (QED) is 0.565. The summed E-state index contributed by atoms with van der Waals surface area (Å²) in [5.41, 5.74) is 6.11. The molecule has 35 heavy (non-hydrogen) atoms. The molecule has 6 nitrogen and oxygen atoms in total. The van der Waals surface area contributed by atoms with Gasteiger partial charge < -0.3 is 5.32 Å². The van der Waals surface area contributed by atoms with Crippen molar-refractivity contribution in [1.29, 1.82) is 0 Å². The number of anilines is 3. The number of hydrogen-bond donors (Lipinski definition) is 1. The van der Waals surface area contributed by atoms with Gasteiger partial charge in [0.1, 0.15) is 6.54 Å². The fourth-order valence-corrected chi connectivity index (χ4v) is 6.10. The zero-order valence-electron chi connectivity index (χ0n) is 20.0. The van der Waals surface area contributed by atoms with Crippen LogP contribution in [0.25, 0.3) is 0 Å². The molecule has 1 N–H and O–H groups in total. The zero-order chi connectivity index (χ0) is 24.7. The summed E-state index contributed by atoms with van der Waals surface area (Å²) in [4.78, 5) is 42.1. The van der Waals surface area contributed by atoms with Crippen molar-refractivity contribution >= 4 is 46.5 Å². The van der Waals surface area contributed by atoms with E-state index < -0.39 is 4.87 Å². The summed E-state index contributed by atoms with van der Waals surface area (Å²) in [6, 6.07) is 20.9. The normalized spacial score (nSPS) is 18.9. The molecule has 1 saturated heterocycles. The van der Waals surface area contributed by atoms with Gasteiger partial charge in [0, 0.05) is 16.9 Å². The van der Waals surface area contributed by atoms with E-state index in [0.29, 0.717) is 17.1 Å². The van der Waals surface area contributed by atoms with Crippen molar-refractivity contribution in [2.75, 3.05) is 27.4 Å². The van der Waals surface area contributed by atoms with E-state index in [1.54, 1.807) is 4.90 Å². The first-order valence-corrected chi connectivity index (χ1v) is 12.7. The maximum absolute atomic E-state index is 14.1. The number of nitrogens with zero attached hydrogens (tertiary/aromatic N) is 2. The summed E-state index contributed by atoms with van der Waals surface area (Å²) in [7, 11) is 0. The first kappa shape index (κ1) is 23.2. The third-order valence-electron chi connectivity index (χ3n) is 6.76. The Kier molecular flexibility index (Phi) is 5.89. The largest absolute Gasteiger partial charge is 0.325 e. The Balaban J connectivity index is 1.49. The van der Waals surface area contributed by atoms with Gasteiger partial charge in [-0.3, -0.25) is 24.2 Å². The molecule has 2 aliphatic heterocycles. The molecule has 178 valence electrons. The molecular formula is C28H27N3O3S. The lowest BCUT2D eigenvalue weighted by atomic mass is 10.0. The maximum Gasteiger partial charge on any atom is 0.269 e. The highest BCUT2D eigenvalue weighted by molar-refractivity contribution is 8.02. The van der Waals surface area contributed by atoms with Crippen molar-refractivity contribution in [3.8, 4) is 0 Å². The number of nitrogens with one attached hydrogen (secondary N) is 1. The van der Waals surface area contributed by atoms with Crippen molar-refractivity contribution in [3.05, 3.63) is 89.0 Å². The van der Waals surface area contributed by atoms with E-state index in [0.717, 1.165) is 23.1 Å². The number of carbonyl (C=O) groups excluding carboxylic acids is 3. The summed E-state index contributed by atoms with van der Waals surface area (Å²) in [5, 5.41) is 2.90. The van der Waals surface area contributed by atoms with Gasteiger partial charge in [0.15, 0.2) is 0 Å². The molecule has 3 amide bonds. The van der Waals surface area contributed by atoms with E-state index in [1.807, 2.05) is 80.6 Å². The molecule has 5 rings (SSSR count). The molecule has 3 aromatic carbocycles. The predicted octanol–water partition coefficient (Wildman–Crippen LogP) is 4.78. The highest BCUT2D eigenvalue weighted by Gasteiger charge is 2.61. The minimum absolute atomic E-state index is 0.122. The van der Waals surface area contributed by atoms with Crippen LogP contribution < -0.4 is 15.1 Å². The maximum atomic E-state index is 14.1. The fourth-order valence-electron chi connectivity index (χ4n) is 4.74. The van der Waals surface area contributed by atoms with Crippen LogP contribution in [0.5, 0.6) is 0 Å². The molecule has 1 fully saturated rings. The van der Waals surface area contributed by atoms with E-state index in [-0.39, 0.29) is 30.0 Å². The van der Waals surface area contributed by atoms with Crippen molar-refractivity contribution in [3.63, 3.8) is 0 Å². The topological polar surface area (TPSA) is 69.7 Å². The Morgan fingerprint density at radius 2 is 1.74 bits per heavy atom. The molecule has 0 unspecified atom stereocenters. The predicted molar refractivity (Wildman–Crippen MR) is 141 cm³/mol. The van der Waals surface area contributed by atoms with E-state index in [2.05, 4.69) is 12.2 Å². The summed E-state index contributed by atoms with van der Waals surface area (Å²) < 4.78 is 0. The van der Waals surface area contributed by atoms with Gasteiger partial charge in [0.2, 0.25) is 16.7 Å². The first-order valence-electron chi connectivity index (χ1n) is 11.7. The van der Waals surface area contributed by atoms with E-state index >= 15 is 0 Å². The molecule has 1 atom stereocenters. The number of benzene rings is 3. The smallest absolute Gasteiger partial charge is 0.269 e. The number of hydrogen-bond acceptors (Lipinski definition) is 4. The number of aryl methyl sites for hydroxylation is 3. The average Bonchev–Trinajstić information content (AvgIpc) is 3.32. The standard InChI is InChI=1S/C28H27N3O3S/c1-4-20-10-12-21(13-11-20)29-25(32)16-30-24-8-6-5-7-23(24)28(27(30)34)31(26(33)17-35-28)22-14-9-18(2)19(3)15-22/h5-15H,4,16-17H2,1-3H3,(H,29,32)/t28-/m1/s1. The molecule has 0 saturated carbocycles. The van der Waals surface area contributed by atoms with Gasteiger partial charge in [-0.2, -0.15) is 0 Å². The van der Waals surface area contributed by atoms with Gasteiger partial charge in [0.05, 0.1) is 11.4 Å². The monoisotopic (exact) mass is 485 g/mol. The van der Waals surface area contributed by atoms with Crippen LogP contribution in [0, 0.1) is 13.8 Å². The highest BCUT2D eigenvalue weighted by Crippen LogP contribution is 2.55. The Morgan fingerprint density at radius 1 is 1.00 bits per heavy atom. The summed E-state index contributed by atoms with van der Waals surface area (Å²) in [5.74, 6) is -0.494. The lowest BCUT2D eigenvalue weighted by Gasteiger charge is -2.33. The average molecular weight is 486 g/mol. The molecule has 0 radical (unpaired) electrons. The van der Waals surface area contributed by atoms with E-state index in [1.165, 1.54) is 22.2 Å². The second-order valence-corrected chi connectivity index (χ2v) is 10.1. The molecule has 1 spiro atoms. The summed E-state index contributed by atoms with van der Waals surface area (Å²) in [6.45, 7) is 5.95. The summed E-state index contributed by atoms with van der Waals surface area (Å²) in [6.07, 6.45) is 0.919. The highest BCUT2D eigenvalue weighted by atomic mass is 32.2. The first-order chi connectivity index (χ1) is 16.8. The SMILES string of the molecule is CCc1ccc(NC(=O)CN2C(=O)[C@]3(SCC(=O)N3c3ccc(C)c(C)c3)c3ccccc32)cc1. The second-order valence-electron chi connectivity index (χ2n) is 8.94. The fraction of sp³-hybridized carbons (Fsp3) is 0.250. The van der Waals surface area contributed by atoms with Crippen molar-refractivity contribution in [2.24, 2.45) is 0 Å². The van der Waals surface area contributed by atoms with Crippen LogP contribution in [0.2, 0.25) is 0 Å². The molecule has 0 bridgehead atoms. The van der Waals surface area contributed by atoms with Gasteiger partial charge >= 0.3 is 0 Å². The van der Waals surface area contributed by atoms with Crippen molar-refractivity contribution < 1.29 is 14.4 Å². The molecule has 7 heteroatoms. The lowest BCUT2D eigenvalue weighted by molar-refractivity contribution is -0.124. The molecular weight excluding hydrogens is 458 g/mol. The molecule has 2 aliphatic rings. The molecule has 0 aromatic heterocycles. The Bertz CT molecular complexity index is 1340. The third-order valence-corrected chi connectivity index (χ3v) is 8.15. The van der Waals surface area contributed by atoms with Gasteiger partial charge in [-0.15, -0.1) is 11.8 Å². The van der Waals surface area contributed by atoms with E-state index in [4.69, 9.17) is 0 Å². The van der Waals surface area contributed by atoms with Crippen LogP contribution in [0.1, 0.15) is 29.2 Å². The Hall–Kier alpha value is -3.58. The van der Waals surface area contributed by atoms with Crippen molar-refractivity contribution in [1.82, 2.24) is 0 Å². The zero-order valence-corrected chi connectivity index (χ0v) is 20.8. The lowest BCUT2D eigenvalue weighted by Crippen LogP contribution is -2.50. The number of para-hydroxylation sites is 1. The van der Waals surface area contributed by atoms with Gasteiger partial charge in [-0.1, -0.05) is 43.3 Å². The number of thioether (sulfide) groups is 1. The van der Waals surface area contributed by atoms with Crippen LogP contribution in [-0.2, 0) is 25.7 Å². The van der Waals surface area contributed by atoms with Crippen LogP contribution in [0.3, 0.4) is 0 Å². The number of carbonyl (C=O) groups is 3. The van der Waals surface area contributed by atoms with Crippen LogP contribution in [0.4, 0.5) is 17.1 Å². The van der Waals surface area contributed by atoms with Crippen LogP contribution in [0.15, 0.2) is 66.7 Å². The van der Waals surface area contributed by atoms with E-state index in [9.17, 15) is 14.4 Å². The Morgan fingerprint density at radius 3 is 2.46 bits per heavy atom. The van der Waals surface area contributed by atoms with Gasteiger partial charge in [-0.25, -0.2) is 0 Å². The number of amides is 3. The molecule has 3 aromatic rings.